The molecule has 2 aromatic heterocycles. The van der Waals surface area contributed by atoms with Gasteiger partial charge >= 0.3 is 0 Å². The molecule has 0 aliphatic heterocycles. The van der Waals surface area contributed by atoms with Crippen molar-refractivity contribution in [3.05, 3.63) is 124 Å². The molecule has 0 fully saturated rings. The molecule has 7 rings (SSSR count). The lowest BCUT2D eigenvalue weighted by atomic mass is 10.0. The van der Waals surface area contributed by atoms with Crippen molar-refractivity contribution < 1.29 is 25.6 Å². The van der Waals surface area contributed by atoms with E-state index in [0.717, 1.165) is 17.4 Å². The topological polar surface area (TPSA) is 150 Å². The third-order valence-corrected chi connectivity index (χ3v) is 10.2. The van der Waals surface area contributed by atoms with E-state index >= 15 is 0 Å². The molecule has 0 radical (unpaired) electrons. The monoisotopic (exact) mass is 754 g/mol. The van der Waals surface area contributed by atoms with Gasteiger partial charge in [-0.1, -0.05) is 102 Å². The van der Waals surface area contributed by atoms with Crippen molar-refractivity contribution in [2.75, 3.05) is 15.7 Å². The molecule has 7 aromatic rings. The van der Waals surface area contributed by atoms with Gasteiger partial charge in [-0.15, -0.1) is 0 Å². The quantitative estimate of drug-likeness (QED) is 0.128. The van der Waals surface area contributed by atoms with Gasteiger partial charge < -0.3 is 0 Å². The van der Waals surface area contributed by atoms with Crippen LogP contribution in [0.4, 0.5) is 20.4 Å². The summed E-state index contributed by atoms with van der Waals surface area (Å²) in [5, 5.41) is 13.2. The van der Waals surface area contributed by atoms with E-state index in [2.05, 4.69) is 29.8 Å². The number of fused-ring (bicyclic) bond motifs is 2. The third-order valence-electron chi connectivity index (χ3n) is 7.50. The van der Waals surface area contributed by atoms with Crippen LogP contribution >= 0.6 is 23.2 Å². The summed E-state index contributed by atoms with van der Waals surface area (Å²) >= 11 is 12.3. The SMILES string of the molecule is CS(=O)(=O)Nc1n[nH]c2c(F)c(Cl)c(-c3ccccc3)cc12.Cc1ccc(S(=O)(=O)Nc2n[nH]c3c(F)c(Cl)c(-c4ccccc4)cc23)cc1. The van der Waals surface area contributed by atoms with E-state index in [0.29, 0.717) is 22.1 Å². The summed E-state index contributed by atoms with van der Waals surface area (Å²) in [6.07, 6.45) is 0.998. The van der Waals surface area contributed by atoms with E-state index in [1.807, 2.05) is 31.2 Å². The Morgan fingerprint density at radius 3 is 1.48 bits per heavy atom. The molecule has 0 bridgehead atoms. The maximum atomic E-state index is 14.8. The van der Waals surface area contributed by atoms with Crippen molar-refractivity contribution in [3.8, 4) is 22.3 Å². The number of rotatable bonds is 7. The summed E-state index contributed by atoms with van der Waals surface area (Å²) in [6, 6.07) is 27.7. The summed E-state index contributed by atoms with van der Waals surface area (Å²) in [7, 11) is -7.41. The second-order valence-corrected chi connectivity index (χ2v) is 15.3. The van der Waals surface area contributed by atoms with Gasteiger partial charge in [0.15, 0.2) is 23.3 Å². The third kappa shape index (κ3) is 7.14. The smallest absolute Gasteiger partial charge is 0.263 e. The molecule has 0 saturated heterocycles. The van der Waals surface area contributed by atoms with Crippen molar-refractivity contribution >= 4 is 76.7 Å². The van der Waals surface area contributed by atoms with Crippen molar-refractivity contribution in [1.82, 2.24) is 20.4 Å². The standard InChI is InChI=1S/C20H15ClFN3O2S.C14H11ClFN3O2S/c1-12-7-9-14(10-8-12)28(26,27)25-20-16-11-15(13-5-3-2-4-6-13)17(21)18(22)19(16)23-24-20;1-22(20,21)19-14-10-7-9(8-5-3-2-4-6-8)11(15)12(16)13(10)17-18-14/h2-11H,1H3,(H2,23,24,25);2-7H,1H3,(H2,17,18,19). The van der Waals surface area contributed by atoms with Gasteiger partial charge in [0, 0.05) is 21.9 Å². The maximum absolute atomic E-state index is 14.8. The van der Waals surface area contributed by atoms with Gasteiger partial charge in [0.05, 0.1) is 21.2 Å². The number of nitrogens with zero attached hydrogens (tertiary/aromatic N) is 2. The molecule has 10 nitrogen and oxygen atoms in total. The van der Waals surface area contributed by atoms with E-state index in [1.165, 1.54) is 12.1 Å². The Kier molecular flexibility index (Phi) is 9.55. The van der Waals surface area contributed by atoms with Crippen molar-refractivity contribution in [3.63, 3.8) is 0 Å². The highest BCUT2D eigenvalue weighted by Crippen LogP contribution is 2.38. The van der Waals surface area contributed by atoms with Crippen LogP contribution in [0.25, 0.3) is 44.1 Å². The average molecular weight is 756 g/mol. The predicted octanol–water partition coefficient (Wildman–Crippen LogP) is 8.53. The number of anilines is 2. The zero-order valence-electron chi connectivity index (χ0n) is 26.1. The summed E-state index contributed by atoms with van der Waals surface area (Å²) in [5.41, 5.74) is 3.37. The fourth-order valence-corrected chi connectivity index (χ4v) is 7.12. The summed E-state index contributed by atoms with van der Waals surface area (Å²) in [6.45, 7) is 1.86. The first-order valence-corrected chi connectivity index (χ1v) is 18.8. The molecule has 0 saturated carbocycles. The lowest BCUT2D eigenvalue weighted by Gasteiger charge is -2.09. The van der Waals surface area contributed by atoms with Crippen LogP contribution in [0, 0.1) is 18.6 Å². The number of nitrogens with one attached hydrogen (secondary N) is 4. The zero-order chi connectivity index (χ0) is 35.8. The average Bonchev–Trinajstić information content (AvgIpc) is 3.68. The molecular weight excluding hydrogens is 729 g/mol. The Labute approximate surface area is 295 Å². The Hall–Kier alpha value is -5.02. The molecule has 0 spiro atoms. The van der Waals surface area contributed by atoms with Gasteiger partial charge in [-0.25, -0.2) is 25.6 Å². The van der Waals surface area contributed by atoms with Crippen LogP contribution in [0.5, 0.6) is 0 Å². The van der Waals surface area contributed by atoms with Crippen LogP contribution in [0.3, 0.4) is 0 Å². The number of sulfonamides is 2. The van der Waals surface area contributed by atoms with Gasteiger partial charge in [0.1, 0.15) is 11.0 Å². The van der Waals surface area contributed by atoms with E-state index < -0.39 is 31.7 Å². The summed E-state index contributed by atoms with van der Waals surface area (Å²) < 4.78 is 81.9. The Morgan fingerprint density at radius 2 is 1.06 bits per heavy atom. The maximum Gasteiger partial charge on any atom is 0.263 e. The number of aromatic nitrogens is 4. The van der Waals surface area contributed by atoms with Crippen LogP contribution in [0.1, 0.15) is 5.56 Å². The lowest BCUT2D eigenvalue weighted by Crippen LogP contribution is -2.13. The largest absolute Gasteiger partial charge is 0.273 e. The Balaban J connectivity index is 0.000000178. The minimum Gasteiger partial charge on any atom is -0.273 e. The zero-order valence-corrected chi connectivity index (χ0v) is 29.2. The van der Waals surface area contributed by atoms with E-state index in [1.54, 1.807) is 60.7 Å². The minimum atomic E-state index is -3.88. The van der Waals surface area contributed by atoms with Crippen molar-refractivity contribution in [2.45, 2.75) is 11.8 Å². The molecule has 256 valence electrons. The molecule has 2 heterocycles. The van der Waals surface area contributed by atoms with E-state index in [-0.39, 0.29) is 43.0 Å². The van der Waals surface area contributed by atoms with Crippen molar-refractivity contribution in [2.24, 2.45) is 0 Å². The van der Waals surface area contributed by atoms with Gasteiger partial charge in [-0.3, -0.25) is 19.6 Å². The Morgan fingerprint density at radius 1 is 0.640 bits per heavy atom. The molecular formula is C34H26Cl2F2N6O4S2. The molecule has 4 N–H and O–H groups in total. The number of benzene rings is 5. The van der Waals surface area contributed by atoms with Gasteiger partial charge in [-0.05, 0) is 42.3 Å². The lowest BCUT2D eigenvalue weighted by molar-refractivity contribution is 0.600. The van der Waals surface area contributed by atoms with Crippen LogP contribution in [0.2, 0.25) is 10.0 Å². The van der Waals surface area contributed by atoms with Crippen LogP contribution in [-0.4, -0.2) is 43.5 Å². The first-order chi connectivity index (χ1) is 23.7. The molecule has 0 unspecified atom stereocenters. The number of aromatic amines is 2. The van der Waals surface area contributed by atoms with Gasteiger partial charge in [0.25, 0.3) is 10.0 Å². The molecule has 0 aliphatic carbocycles. The summed E-state index contributed by atoms with van der Waals surface area (Å²) in [4.78, 5) is 0.0898. The first kappa shape index (κ1) is 34.8. The molecule has 5 aromatic carbocycles. The second-order valence-electron chi connectivity index (χ2n) is 11.1. The van der Waals surface area contributed by atoms with Crippen LogP contribution in [0.15, 0.2) is 102 Å². The normalized spacial score (nSPS) is 11.7. The molecule has 16 heteroatoms. The predicted molar refractivity (Wildman–Crippen MR) is 193 cm³/mol. The molecule has 50 heavy (non-hydrogen) atoms. The Bertz CT molecular complexity index is 2580. The van der Waals surface area contributed by atoms with Gasteiger partial charge in [0.2, 0.25) is 10.0 Å². The van der Waals surface area contributed by atoms with Gasteiger partial charge in [-0.2, -0.15) is 10.2 Å². The van der Waals surface area contributed by atoms with Crippen LogP contribution < -0.4 is 9.44 Å². The molecule has 0 aliphatic rings. The summed E-state index contributed by atoms with van der Waals surface area (Å²) in [5.74, 6) is -1.33. The highest BCUT2D eigenvalue weighted by Gasteiger charge is 2.22. The van der Waals surface area contributed by atoms with Crippen molar-refractivity contribution in [1.29, 1.82) is 0 Å². The molecule has 0 atom stereocenters. The fourth-order valence-electron chi connectivity index (χ4n) is 5.08. The number of halogens is 4. The van der Waals surface area contributed by atoms with E-state index in [4.69, 9.17) is 23.2 Å². The molecule has 0 amide bonds. The number of aryl methyl sites for hydroxylation is 1. The number of hydrogen-bond donors (Lipinski definition) is 4. The minimum absolute atomic E-state index is 0.00308. The highest BCUT2D eigenvalue weighted by atomic mass is 35.5. The van der Waals surface area contributed by atoms with Crippen LogP contribution in [-0.2, 0) is 20.0 Å². The van der Waals surface area contributed by atoms with E-state index in [9.17, 15) is 25.6 Å². The highest BCUT2D eigenvalue weighted by molar-refractivity contribution is 7.92. The first-order valence-electron chi connectivity index (χ1n) is 14.6. The number of H-pyrrole nitrogens is 2. The number of hydrogen-bond acceptors (Lipinski definition) is 6. The fraction of sp³-hybridized carbons (Fsp3) is 0.0588. The second kappa shape index (κ2) is 13.7.